The van der Waals surface area contributed by atoms with Gasteiger partial charge in [-0.05, 0) is 32.9 Å². The van der Waals surface area contributed by atoms with E-state index in [9.17, 15) is 0 Å². The standard InChI is InChI=1S/C16H18N2O2/c1-10-7-12(17)9-18-15(10)19-13-6-4-5-11-8-16(2,3)20-14(11)13/h4-7,9H,8,17H2,1-3H3. The highest BCUT2D eigenvalue weighted by Gasteiger charge is 2.32. The van der Waals surface area contributed by atoms with Crippen molar-refractivity contribution in [2.45, 2.75) is 32.8 Å². The molecule has 104 valence electrons. The number of nitrogen functional groups attached to an aromatic ring is 1. The highest BCUT2D eigenvalue weighted by molar-refractivity contribution is 5.52. The van der Waals surface area contributed by atoms with Crippen LogP contribution in [0.2, 0.25) is 0 Å². The Balaban J connectivity index is 1.95. The van der Waals surface area contributed by atoms with Gasteiger partial charge in [0.1, 0.15) is 5.60 Å². The van der Waals surface area contributed by atoms with Gasteiger partial charge in [0.2, 0.25) is 5.88 Å². The first kappa shape index (κ1) is 12.8. The third-order valence-electron chi connectivity index (χ3n) is 3.31. The van der Waals surface area contributed by atoms with Crippen molar-refractivity contribution in [1.82, 2.24) is 4.98 Å². The molecule has 4 nitrogen and oxygen atoms in total. The van der Waals surface area contributed by atoms with Crippen molar-refractivity contribution >= 4 is 5.69 Å². The topological polar surface area (TPSA) is 57.4 Å². The molecule has 0 bridgehead atoms. The lowest BCUT2D eigenvalue weighted by Gasteiger charge is -2.18. The molecule has 0 fully saturated rings. The zero-order valence-electron chi connectivity index (χ0n) is 11.9. The Morgan fingerprint density at radius 3 is 2.90 bits per heavy atom. The van der Waals surface area contributed by atoms with E-state index in [1.807, 2.05) is 25.1 Å². The first-order valence-corrected chi connectivity index (χ1v) is 6.65. The van der Waals surface area contributed by atoms with Crippen molar-refractivity contribution in [2.75, 3.05) is 5.73 Å². The van der Waals surface area contributed by atoms with Gasteiger partial charge in [0.15, 0.2) is 11.5 Å². The maximum absolute atomic E-state index is 5.98. The number of aryl methyl sites for hydroxylation is 1. The number of ether oxygens (including phenoxy) is 2. The van der Waals surface area contributed by atoms with Gasteiger partial charge >= 0.3 is 0 Å². The quantitative estimate of drug-likeness (QED) is 0.907. The first-order valence-electron chi connectivity index (χ1n) is 6.65. The molecule has 20 heavy (non-hydrogen) atoms. The lowest BCUT2D eigenvalue weighted by Crippen LogP contribution is -2.24. The second-order valence-corrected chi connectivity index (χ2v) is 5.78. The van der Waals surface area contributed by atoms with Gasteiger partial charge in [-0.2, -0.15) is 0 Å². The maximum atomic E-state index is 5.98. The Morgan fingerprint density at radius 2 is 2.15 bits per heavy atom. The molecule has 1 aliphatic heterocycles. The molecule has 0 atom stereocenters. The molecule has 0 saturated carbocycles. The Morgan fingerprint density at radius 1 is 1.35 bits per heavy atom. The highest BCUT2D eigenvalue weighted by atomic mass is 16.5. The van der Waals surface area contributed by atoms with Gasteiger partial charge in [-0.25, -0.2) is 4.98 Å². The van der Waals surface area contributed by atoms with Crippen LogP contribution in [-0.2, 0) is 6.42 Å². The Labute approximate surface area is 118 Å². The Kier molecular flexibility index (Phi) is 2.82. The fourth-order valence-corrected chi connectivity index (χ4v) is 2.46. The molecule has 0 spiro atoms. The van der Waals surface area contributed by atoms with Crippen LogP contribution in [0.25, 0.3) is 0 Å². The Bertz CT molecular complexity index is 666. The fraction of sp³-hybridized carbons (Fsp3) is 0.312. The second kappa shape index (κ2) is 4.40. The van der Waals surface area contributed by atoms with Crippen molar-refractivity contribution < 1.29 is 9.47 Å². The summed E-state index contributed by atoms with van der Waals surface area (Å²) in [6.07, 6.45) is 2.48. The fourth-order valence-electron chi connectivity index (χ4n) is 2.46. The van der Waals surface area contributed by atoms with E-state index in [0.717, 1.165) is 17.7 Å². The Hall–Kier alpha value is -2.23. The molecule has 0 amide bonds. The smallest absolute Gasteiger partial charge is 0.222 e. The second-order valence-electron chi connectivity index (χ2n) is 5.78. The largest absolute Gasteiger partial charge is 0.483 e. The molecule has 0 radical (unpaired) electrons. The lowest BCUT2D eigenvalue weighted by molar-refractivity contribution is 0.135. The predicted molar refractivity (Wildman–Crippen MR) is 78.3 cm³/mol. The summed E-state index contributed by atoms with van der Waals surface area (Å²) in [5.41, 5.74) is 8.21. The number of hydrogen-bond donors (Lipinski definition) is 1. The zero-order chi connectivity index (χ0) is 14.3. The first-order chi connectivity index (χ1) is 9.44. The predicted octanol–water partition coefficient (Wildman–Crippen LogP) is 3.48. The molecule has 2 N–H and O–H groups in total. The number of pyridine rings is 1. The number of rotatable bonds is 2. The summed E-state index contributed by atoms with van der Waals surface area (Å²) in [5, 5.41) is 0. The summed E-state index contributed by atoms with van der Waals surface area (Å²) in [6, 6.07) is 7.79. The maximum Gasteiger partial charge on any atom is 0.222 e. The third kappa shape index (κ3) is 2.29. The van der Waals surface area contributed by atoms with Gasteiger partial charge in [-0.3, -0.25) is 0 Å². The molecule has 4 heteroatoms. The summed E-state index contributed by atoms with van der Waals surface area (Å²) in [5.74, 6) is 2.07. The van der Waals surface area contributed by atoms with Crippen LogP contribution in [0.5, 0.6) is 17.4 Å². The number of fused-ring (bicyclic) bond motifs is 1. The molecule has 2 heterocycles. The van der Waals surface area contributed by atoms with Crippen molar-refractivity contribution in [2.24, 2.45) is 0 Å². The van der Waals surface area contributed by atoms with Crippen LogP contribution >= 0.6 is 0 Å². The number of para-hydroxylation sites is 1. The summed E-state index contributed by atoms with van der Waals surface area (Å²) >= 11 is 0. The zero-order valence-corrected chi connectivity index (χ0v) is 11.9. The van der Waals surface area contributed by atoms with Gasteiger partial charge in [0.25, 0.3) is 0 Å². The van der Waals surface area contributed by atoms with Crippen molar-refractivity contribution in [3.05, 3.63) is 41.6 Å². The molecule has 3 rings (SSSR count). The van der Waals surface area contributed by atoms with E-state index in [1.165, 1.54) is 5.56 Å². The van der Waals surface area contributed by atoms with E-state index < -0.39 is 0 Å². The van der Waals surface area contributed by atoms with Crippen molar-refractivity contribution in [3.63, 3.8) is 0 Å². The summed E-state index contributed by atoms with van der Waals surface area (Å²) in [7, 11) is 0. The SMILES string of the molecule is Cc1cc(N)cnc1Oc1cccc2c1OC(C)(C)C2. The average Bonchev–Trinajstić information content (AvgIpc) is 2.67. The average molecular weight is 270 g/mol. The minimum Gasteiger partial charge on any atom is -0.483 e. The minimum absolute atomic E-state index is 0.189. The molecule has 0 aliphatic carbocycles. The number of anilines is 1. The van der Waals surface area contributed by atoms with E-state index in [1.54, 1.807) is 6.20 Å². The van der Waals surface area contributed by atoms with Gasteiger partial charge in [0.05, 0.1) is 11.9 Å². The van der Waals surface area contributed by atoms with Crippen LogP contribution in [0.4, 0.5) is 5.69 Å². The van der Waals surface area contributed by atoms with Gasteiger partial charge < -0.3 is 15.2 Å². The molecule has 0 unspecified atom stereocenters. The molecular formula is C16H18N2O2. The summed E-state index contributed by atoms with van der Waals surface area (Å²) in [6.45, 7) is 6.07. The van der Waals surface area contributed by atoms with E-state index in [0.29, 0.717) is 17.3 Å². The van der Waals surface area contributed by atoms with Gasteiger partial charge in [-0.1, -0.05) is 12.1 Å². The highest BCUT2D eigenvalue weighted by Crippen LogP contribution is 2.43. The number of nitrogens with two attached hydrogens (primary N) is 1. The summed E-state index contributed by atoms with van der Waals surface area (Å²) < 4.78 is 11.9. The number of nitrogens with zero attached hydrogens (tertiary/aromatic N) is 1. The van der Waals surface area contributed by atoms with Crippen LogP contribution in [0, 0.1) is 6.92 Å². The number of benzene rings is 1. The molecule has 1 aliphatic rings. The molecule has 2 aromatic rings. The van der Waals surface area contributed by atoms with Crippen LogP contribution in [0.1, 0.15) is 25.0 Å². The van der Waals surface area contributed by atoms with Gasteiger partial charge in [0, 0.05) is 17.5 Å². The normalized spacial score (nSPS) is 15.6. The monoisotopic (exact) mass is 270 g/mol. The van der Waals surface area contributed by atoms with Crippen LogP contribution < -0.4 is 15.2 Å². The van der Waals surface area contributed by atoms with Crippen molar-refractivity contribution in [3.8, 4) is 17.4 Å². The number of hydrogen-bond acceptors (Lipinski definition) is 4. The van der Waals surface area contributed by atoms with Gasteiger partial charge in [-0.15, -0.1) is 0 Å². The van der Waals surface area contributed by atoms with Crippen LogP contribution in [-0.4, -0.2) is 10.6 Å². The van der Waals surface area contributed by atoms with E-state index >= 15 is 0 Å². The number of aromatic nitrogens is 1. The van der Waals surface area contributed by atoms with Crippen LogP contribution in [0.15, 0.2) is 30.5 Å². The molecule has 1 aromatic heterocycles. The van der Waals surface area contributed by atoms with Crippen molar-refractivity contribution in [1.29, 1.82) is 0 Å². The lowest BCUT2D eigenvalue weighted by atomic mass is 10.0. The van der Waals surface area contributed by atoms with Crippen LogP contribution in [0.3, 0.4) is 0 Å². The molecule has 0 saturated heterocycles. The minimum atomic E-state index is -0.189. The third-order valence-corrected chi connectivity index (χ3v) is 3.31. The van der Waals surface area contributed by atoms with E-state index in [-0.39, 0.29) is 5.60 Å². The molecule has 1 aromatic carbocycles. The molecular weight excluding hydrogens is 252 g/mol. The summed E-state index contributed by atoms with van der Waals surface area (Å²) in [4.78, 5) is 4.23. The van der Waals surface area contributed by atoms with E-state index in [2.05, 4.69) is 24.9 Å². The van der Waals surface area contributed by atoms with E-state index in [4.69, 9.17) is 15.2 Å².